The van der Waals surface area contributed by atoms with E-state index in [0.717, 1.165) is 5.56 Å². The first kappa shape index (κ1) is 21.3. The lowest BCUT2D eigenvalue weighted by Gasteiger charge is -2.15. The molecule has 1 aromatic heterocycles. The van der Waals surface area contributed by atoms with Gasteiger partial charge in [-0.15, -0.1) is 0 Å². The molecule has 1 N–H and O–H groups in total. The molecule has 162 valence electrons. The van der Waals surface area contributed by atoms with Gasteiger partial charge in [-0.3, -0.25) is 9.59 Å². The number of nitrogens with one attached hydrogen (secondary N) is 1. The van der Waals surface area contributed by atoms with E-state index in [1.807, 2.05) is 30.3 Å². The van der Waals surface area contributed by atoms with Gasteiger partial charge in [-0.25, -0.2) is 4.39 Å². The molecule has 0 fully saturated rings. The van der Waals surface area contributed by atoms with E-state index < -0.39 is 11.7 Å². The number of amides is 1. The van der Waals surface area contributed by atoms with E-state index in [4.69, 9.17) is 9.15 Å². The van der Waals surface area contributed by atoms with Crippen LogP contribution in [0.3, 0.4) is 0 Å². The van der Waals surface area contributed by atoms with Crippen molar-refractivity contribution in [3.05, 3.63) is 105 Å². The molecule has 1 amide bonds. The van der Waals surface area contributed by atoms with E-state index in [1.54, 1.807) is 39.0 Å². The van der Waals surface area contributed by atoms with Crippen LogP contribution < -0.4 is 15.5 Å². The lowest BCUT2D eigenvalue weighted by atomic mass is 10.1. The number of carbonyl (C=O) groups is 1. The van der Waals surface area contributed by atoms with Gasteiger partial charge in [0.25, 0.3) is 5.91 Å². The number of rotatable bonds is 5. The molecule has 0 spiro atoms. The Balaban J connectivity index is 1.83. The second-order valence-corrected chi connectivity index (χ2v) is 7.62. The smallest absolute Gasteiger partial charge is 0.263 e. The molecule has 0 radical (unpaired) electrons. The van der Waals surface area contributed by atoms with Gasteiger partial charge >= 0.3 is 0 Å². The van der Waals surface area contributed by atoms with Gasteiger partial charge in [0.1, 0.15) is 29.5 Å². The van der Waals surface area contributed by atoms with Crippen molar-refractivity contribution in [3.8, 4) is 5.75 Å². The predicted octanol–water partition coefficient (Wildman–Crippen LogP) is 5.69. The number of benzene rings is 3. The van der Waals surface area contributed by atoms with Gasteiger partial charge in [-0.2, -0.15) is 0 Å². The maximum atomic E-state index is 13.8. The molecule has 1 heterocycles. The van der Waals surface area contributed by atoms with Crippen molar-refractivity contribution in [2.45, 2.75) is 27.4 Å². The lowest BCUT2D eigenvalue weighted by Crippen LogP contribution is -2.17. The lowest BCUT2D eigenvalue weighted by molar-refractivity contribution is 0.102. The van der Waals surface area contributed by atoms with Gasteiger partial charge in [0, 0.05) is 11.3 Å². The summed E-state index contributed by atoms with van der Waals surface area (Å²) < 4.78 is 25.6. The van der Waals surface area contributed by atoms with Crippen LogP contribution in [-0.4, -0.2) is 5.91 Å². The Morgan fingerprint density at radius 3 is 2.53 bits per heavy atom. The molecule has 0 saturated carbocycles. The van der Waals surface area contributed by atoms with Crippen LogP contribution in [0, 0.1) is 26.6 Å². The van der Waals surface area contributed by atoms with E-state index >= 15 is 0 Å². The molecule has 0 unspecified atom stereocenters. The number of hydrogen-bond acceptors (Lipinski definition) is 4. The maximum absolute atomic E-state index is 13.8. The zero-order valence-electron chi connectivity index (χ0n) is 18.0. The Morgan fingerprint density at radius 1 is 1.03 bits per heavy atom. The van der Waals surface area contributed by atoms with Crippen molar-refractivity contribution in [2.75, 3.05) is 5.32 Å². The summed E-state index contributed by atoms with van der Waals surface area (Å²) in [5, 5.41) is 3.01. The van der Waals surface area contributed by atoms with Crippen molar-refractivity contribution >= 4 is 22.6 Å². The molecular weight excluding hydrogens is 409 g/mol. The molecule has 3 aromatic carbocycles. The van der Waals surface area contributed by atoms with Crippen molar-refractivity contribution < 1.29 is 18.3 Å². The van der Waals surface area contributed by atoms with Crippen LogP contribution in [0.2, 0.25) is 0 Å². The SMILES string of the molecule is Cc1ccc(F)cc1NC(=O)c1c(OCc2ccccc2)ccc2c(=O)c(C)c(C)oc12. The Morgan fingerprint density at radius 2 is 1.78 bits per heavy atom. The molecular formula is C26H22FNO4. The quantitative estimate of drug-likeness (QED) is 0.441. The number of ether oxygens (including phenoxy) is 1. The standard InChI is InChI=1S/C26H22FNO4/c1-15-9-10-19(27)13-21(15)28-26(30)23-22(31-14-18-7-5-4-6-8-18)12-11-20-24(29)16(2)17(3)32-25(20)23/h4-13H,14H2,1-3H3,(H,28,30). The first-order valence-electron chi connectivity index (χ1n) is 10.2. The molecule has 6 heteroatoms. The molecule has 4 rings (SSSR count). The maximum Gasteiger partial charge on any atom is 0.263 e. The average molecular weight is 431 g/mol. The van der Waals surface area contributed by atoms with Gasteiger partial charge in [0.2, 0.25) is 0 Å². The molecule has 4 aromatic rings. The number of anilines is 1. The Hall–Kier alpha value is -3.93. The third-order valence-electron chi connectivity index (χ3n) is 5.40. The molecule has 0 aliphatic rings. The fourth-order valence-electron chi connectivity index (χ4n) is 3.43. The van der Waals surface area contributed by atoms with Crippen molar-refractivity contribution in [3.63, 3.8) is 0 Å². The molecule has 0 atom stereocenters. The number of hydrogen-bond donors (Lipinski definition) is 1. The third-order valence-corrected chi connectivity index (χ3v) is 5.40. The van der Waals surface area contributed by atoms with Crippen molar-refractivity contribution in [1.29, 1.82) is 0 Å². The topological polar surface area (TPSA) is 68.5 Å². The van der Waals surface area contributed by atoms with Gasteiger partial charge in [-0.1, -0.05) is 36.4 Å². The zero-order valence-corrected chi connectivity index (χ0v) is 18.0. The van der Waals surface area contributed by atoms with Crippen LogP contribution in [0.15, 0.2) is 69.9 Å². The van der Waals surface area contributed by atoms with E-state index in [-0.39, 0.29) is 34.3 Å². The monoisotopic (exact) mass is 431 g/mol. The molecule has 0 aliphatic carbocycles. The first-order valence-corrected chi connectivity index (χ1v) is 10.2. The second-order valence-electron chi connectivity index (χ2n) is 7.62. The Kier molecular flexibility index (Phi) is 5.77. The van der Waals surface area contributed by atoms with Crippen LogP contribution in [-0.2, 0) is 6.61 Å². The van der Waals surface area contributed by atoms with Crippen LogP contribution in [0.5, 0.6) is 5.75 Å². The van der Waals surface area contributed by atoms with Gasteiger partial charge in [0.05, 0.1) is 5.39 Å². The van der Waals surface area contributed by atoms with E-state index in [2.05, 4.69) is 5.32 Å². The van der Waals surface area contributed by atoms with Crippen molar-refractivity contribution in [1.82, 2.24) is 0 Å². The minimum atomic E-state index is -0.557. The van der Waals surface area contributed by atoms with Gasteiger partial charge in [-0.05, 0) is 56.2 Å². The predicted molar refractivity (Wildman–Crippen MR) is 122 cm³/mol. The Labute approximate surface area is 184 Å². The molecule has 0 bridgehead atoms. The first-order chi connectivity index (χ1) is 15.3. The largest absolute Gasteiger partial charge is 0.488 e. The van der Waals surface area contributed by atoms with E-state index in [0.29, 0.717) is 22.6 Å². The second kappa shape index (κ2) is 8.67. The molecule has 32 heavy (non-hydrogen) atoms. The average Bonchev–Trinajstić information content (AvgIpc) is 2.78. The van der Waals surface area contributed by atoms with Crippen LogP contribution in [0.1, 0.15) is 32.8 Å². The van der Waals surface area contributed by atoms with Crippen LogP contribution >= 0.6 is 0 Å². The van der Waals surface area contributed by atoms with Crippen LogP contribution in [0.4, 0.5) is 10.1 Å². The highest BCUT2D eigenvalue weighted by molar-refractivity contribution is 6.13. The van der Waals surface area contributed by atoms with E-state index in [1.165, 1.54) is 12.1 Å². The Bertz CT molecular complexity index is 1380. The van der Waals surface area contributed by atoms with E-state index in [9.17, 15) is 14.0 Å². The van der Waals surface area contributed by atoms with Crippen molar-refractivity contribution in [2.24, 2.45) is 0 Å². The van der Waals surface area contributed by atoms with Gasteiger partial charge < -0.3 is 14.5 Å². The normalized spacial score (nSPS) is 10.9. The summed E-state index contributed by atoms with van der Waals surface area (Å²) in [6.45, 7) is 5.33. The molecule has 0 saturated heterocycles. The highest BCUT2D eigenvalue weighted by Crippen LogP contribution is 2.30. The summed E-state index contributed by atoms with van der Waals surface area (Å²) >= 11 is 0. The van der Waals surface area contributed by atoms with Crippen LogP contribution in [0.25, 0.3) is 11.0 Å². The minimum absolute atomic E-state index is 0.0855. The van der Waals surface area contributed by atoms with Gasteiger partial charge in [0.15, 0.2) is 11.0 Å². The number of carbonyl (C=O) groups excluding carboxylic acids is 1. The molecule has 0 aliphatic heterocycles. The highest BCUT2D eigenvalue weighted by atomic mass is 19.1. The summed E-state index contributed by atoms with van der Waals surface area (Å²) in [6.07, 6.45) is 0. The molecule has 5 nitrogen and oxygen atoms in total. The number of halogens is 1. The summed E-state index contributed by atoms with van der Waals surface area (Å²) in [6, 6.07) is 16.8. The fraction of sp³-hybridized carbons (Fsp3) is 0.154. The zero-order chi connectivity index (χ0) is 22.8. The summed E-state index contributed by atoms with van der Waals surface area (Å²) in [5.74, 6) is -0.348. The summed E-state index contributed by atoms with van der Waals surface area (Å²) in [7, 11) is 0. The minimum Gasteiger partial charge on any atom is -0.488 e. The number of fused-ring (bicyclic) bond motifs is 1. The number of aryl methyl sites for hydroxylation is 2. The summed E-state index contributed by atoms with van der Waals surface area (Å²) in [4.78, 5) is 26.1. The fourth-order valence-corrected chi connectivity index (χ4v) is 3.43. The highest BCUT2D eigenvalue weighted by Gasteiger charge is 2.22. The summed E-state index contributed by atoms with van der Waals surface area (Å²) in [5.41, 5.74) is 2.42. The third kappa shape index (κ3) is 4.12.